The van der Waals surface area contributed by atoms with Gasteiger partial charge in [0.2, 0.25) is 5.91 Å². The van der Waals surface area contributed by atoms with Gasteiger partial charge in [0.05, 0.1) is 11.8 Å². The summed E-state index contributed by atoms with van der Waals surface area (Å²) < 4.78 is 22.3. The molecule has 0 aromatic carbocycles. The highest BCUT2D eigenvalue weighted by molar-refractivity contribution is 7.90. The van der Waals surface area contributed by atoms with Crippen molar-refractivity contribution in [1.82, 2.24) is 4.90 Å². The summed E-state index contributed by atoms with van der Waals surface area (Å²) in [6.07, 6.45) is 3.66. The lowest BCUT2D eigenvalue weighted by Gasteiger charge is -2.29. The molecular formula is C13H24N2O3S. The number of hydrogen-bond donors (Lipinski definition) is 0. The van der Waals surface area contributed by atoms with E-state index in [-0.39, 0.29) is 18.2 Å². The second-order valence-corrected chi connectivity index (χ2v) is 7.31. The second-order valence-electron chi connectivity index (χ2n) is 5.05. The van der Waals surface area contributed by atoms with Gasteiger partial charge >= 0.3 is 0 Å². The molecule has 19 heavy (non-hydrogen) atoms. The molecule has 0 aromatic rings. The summed E-state index contributed by atoms with van der Waals surface area (Å²) in [5.41, 5.74) is -1.00. The molecule has 0 spiro atoms. The van der Waals surface area contributed by atoms with Crippen LogP contribution in [0.3, 0.4) is 0 Å². The molecule has 0 rings (SSSR count). The lowest BCUT2D eigenvalue weighted by atomic mass is 9.79. The van der Waals surface area contributed by atoms with Crippen LogP contribution in [0.15, 0.2) is 0 Å². The SMILES string of the molecule is CCCC(C#N)(CCC)C(=O)N(C)CCS(C)(=O)=O. The van der Waals surface area contributed by atoms with Crippen molar-refractivity contribution < 1.29 is 13.2 Å². The number of hydrogen-bond acceptors (Lipinski definition) is 4. The summed E-state index contributed by atoms with van der Waals surface area (Å²) in [4.78, 5) is 13.8. The van der Waals surface area contributed by atoms with Gasteiger partial charge in [-0.1, -0.05) is 26.7 Å². The van der Waals surface area contributed by atoms with Gasteiger partial charge in [0.15, 0.2) is 0 Å². The summed E-state index contributed by atoms with van der Waals surface area (Å²) in [5.74, 6) is -0.336. The fraction of sp³-hybridized carbons (Fsp3) is 0.846. The fourth-order valence-corrected chi connectivity index (χ4v) is 2.73. The Bertz CT molecular complexity index is 431. The van der Waals surface area contributed by atoms with Gasteiger partial charge in [0, 0.05) is 19.8 Å². The van der Waals surface area contributed by atoms with Crippen LogP contribution in [0.2, 0.25) is 0 Å². The summed E-state index contributed by atoms with van der Waals surface area (Å²) in [6.45, 7) is 4.01. The Morgan fingerprint density at radius 2 is 1.74 bits per heavy atom. The predicted molar refractivity (Wildman–Crippen MR) is 75.2 cm³/mol. The van der Waals surface area contributed by atoms with Crippen LogP contribution in [0.5, 0.6) is 0 Å². The number of sulfone groups is 1. The zero-order valence-corrected chi connectivity index (χ0v) is 13.1. The van der Waals surface area contributed by atoms with E-state index in [2.05, 4.69) is 6.07 Å². The smallest absolute Gasteiger partial charge is 0.242 e. The molecule has 0 aliphatic heterocycles. The third-order valence-corrected chi connectivity index (χ3v) is 4.05. The van der Waals surface area contributed by atoms with E-state index < -0.39 is 15.3 Å². The van der Waals surface area contributed by atoms with Crippen LogP contribution in [0, 0.1) is 16.7 Å². The molecule has 0 unspecified atom stereocenters. The molecule has 0 aliphatic carbocycles. The van der Waals surface area contributed by atoms with Gasteiger partial charge in [-0.15, -0.1) is 0 Å². The Balaban J connectivity index is 4.94. The Morgan fingerprint density at radius 1 is 1.26 bits per heavy atom. The van der Waals surface area contributed by atoms with Gasteiger partial charge in [0.25, 0.3) is 0 Å². The quantitative estimate of drug-likeness (QED) is 0.679. The first-order valence-electron chi connectivity index (χ1n) is 6.57. The highest BCUT2D eigenvalue weighted by Gasteiger charge is 2.38. The lowest BCUT2D eigenvalue weighted by Crippen LogP contribution is -2.43. The van der Waals surface area contributed by atoms with Crippen LogP contribution in [0.25, 0.3) is 0 Å². The number of rotatable bonds is 8. The summed E-state index contributed by atoms with van der Waals surface area (Å²) in [6, 6.07) is 2.15. The highest BCUT2D eigenvalue weighted by Crippen LogP contribution is 2.31. The van der Waals surface area contributed by atoms with Crippen molar-refractivity contribution in [2.75, 3.05) is 25.6 Å². The minimum absolute atomic E-state index is 0.0744. The normalized spacial score (nSPS) is 11.9. The van der Waals surface area contributed by atoms with Crippen molar-refractivity contribution in [3.63, 3.8) is 0 Å². The van der Waals surface area contributed by atoms with E-state index in [1.165, 1.54) is 4.90 Å². The van der Waals surface area contributed by atoms with Crippen molar-refractivity contribution in [3.05, 3.63) is 0 Å². The van der Waals surface area contributed by atoms with Gasteiger partial charge < -0.3 is 4.90 Å². The van der Waals surface area contributed by atoms with Gasteiger partial charge in [-0.25, -0.2) is 8.42 Å². The standard InChI is InChI=1S/C13H24N2O3S/c1-5-7-13(11-14,8-6-2)12(16)15(3)9-10-19(4,17)18/h5-10H2,1-4H3. The molecule has 0 saturated heterocycles. The van der Waals surface area contributed by atoms with Crippen LogP contribution in [0.1, 0.15) is 39.5 Å². The molecule has 110 valence electrons. The highest BCUT2D eigenvalue weighted by atomic mass is 32.2. The third-order valence-electron chi connectivity index (χ3n) is 3.12. The van der Waals surface area contributed by atoms with E-state index in [4.69, 9.17) is 0 Å². The van der Waals surface area contributed by atoms with E-state index in [0.717, 1.165) is 19.1 Å². The Morgan fingerprint density at radius 3 is 2.05 bits per heavy atom. The van der Waals surface area contributed by atoms with E-state index in [0.29, 0.717) is 12.8 Å². The van der Waals surface area contributed by atoms with E-state index in [1.54, 1.807) is 7.05 Å². The fourth-order valence-electron chi connectivity index (χ4n) is 2.12. The average Bonchev–Trinajstić information content (AvgIpc) is 2.33. The van der Waals surface area contributed by atoms with Gasteiger partial charge in [0.1, 0.15) is 15.3 Å². The van der Waals surface area contributed by atoms with Crippen molar-refractivity contribution in [1.29, 1.82) is 5.26 Å². The van der Waals surface area contributed by atoms with Gasteiger partial charge in [-0.2, -0.15) is 5.26 Å². The molecule has 0 aromatic heterocycles. The number of carbonyl (C=O) groups is 1. The molecule has 0 aliphatic rings. The molecule has 1 amide bonds. The summed E-state index contributed by atoms with van der Waals surface area (Å²) in [5, 5.41) is 9.37. The van der Waals surface area contributed by atoms with Crippen LogP contribution in [-0.2, 0) is 14.6 Å². The van der Waals surface area contributed by atoms with Crippen LogP contribution in [-0.4, -0.2) is 44.8 Å². The second kappa shape index (κ2) is 7.49. The number of nitriles is 1. The van der Waals surface area contributed by atoms with Crippen LogP contribution in [0.4, 0.5) is 0 Å². The first kappa shape index (κ1) is 17.9. The first-order valence-corrected chi connectivity index (χ1v) is 8.63. The van der Waals surface area contributed by atoms with E-state index >= 15 is 0 Å². The zero-order chi connectivity index (χ0) is 15.1. The van der Waals surface area contributed by atoms with Gasteiger partial charge in [-0.05, 0) is 12.8 Å². The number of nitrogens with zero attached hydrogens (tertiary/aromatic N) is 2. The molecule has 6 heteroatoms. The molecule has 0 saturated carbocycles. The molecule has 0 fully saturated rings. The minimum Gasteiger partial charge on any atom is -0.343 e. The molecule has 0 bridgehead atoms. The van der Waals surface area contributed by atoms with Gasteiger partial charge in [-0.3, -0.25) is 4.79 Å². The number of carbonyl (C=O) groups excluding carboxylic acids is 1. The topological polar surface area (TPSA) is 78.2 Å². The van der Waals surface area contributed by atoms with Crippen LogP contribution >= 0.6 is 0 Å². The van der Waals surface area contributed by atoms with Crippen molar-refractivity contribution in [3.8, 4) is 6.07 Å². The third kappa shape index (κ3) is 5.60. The largest absolute Gasteiger partial charge is 0.343 e. The van der Waals surface area contributed by atoms with Crippen molar-refractivity contribution in [2.45, 2.75) is 39.5 Å². The Kier molecular flexibility index (Phi) is 7.06. The first-order chi connectivity index (χ1) is 8.72. The zero-order valence-electron chi connectivity index (χ0n) is 12.3. The van der Waals surface area contributed by atoms with E-state index in [1.807, 2.05) is 13.8 Å². The monoisotopic (exact) mass is 288 g/mol. The van der Waals surface area contributed by atoms with Crippen LogP contribution < -0.4 is 0 Å². The maximum atomic E-state index is 12.4. The number of amides is 1. The summed E-state index contributed by atoms with van der Waals surface area (Å²) >= 11 is 0. The molecule has 0 radical (unpaired) electrons. The Hall–Kier alpha value is -1.09. The minimum atomic E-state index is -3.11. The maximum absolute atomic E-state index is 12.4. The Labute approximate surface area is 116 Å². The molecule has 0 heterocycles. The molecule has 0 N–H and O–H groups in total. The van der Waals surface area contributed by atoms with Crippen molar-refractivity contribution in [2.24, 2.45) is 5.41 Å². The van der Waals surface area contributed by atoms with Crippen molar-refractivity contribution >= 4 is 15.7 Å². The molecular weight excluding hydrogens is 264 g/mol. The van der Waals surface area contributed by atoms with E-state index in [9.17, 15) is 18.5 Å². The molecule has 0 atom stereocenters. The predicted octanol–water partition coefficient (Wildman–Crippen LogP) is 1.60. The maximum Gasteiger partial charge on any atom is 0.242 e. The molecule has 5 nitrogen and oxygen atoms in total. The average molecular weight is 288 g/mol. The lowest BCUT2D eigenvalue weighted by molar-refractivity contribution is -0.138. The summed E-state index contributed by atoms with van der Waals surface area (Å²) in [7, 11) is -1.55.